The zero-order chi connectivity index (χ0) is 19.2. The van der Waals surface area contributed by atoms with Crippen molar-refractivity contribution in [3.05, 3.63) is 77.7 Å². The molecule has 2 aromatic carbocycles. The molecule has 0 fully saturated rings. The Hall–Kier alpha value is -2.33. The topological polar surface area (TPSA) is 30.8 Å². The molecule has 138 valence electrons. The molecule has 26 heavy (non-hydrogen) atoms. The van der Waals surface area contributed by atoms with E-state index >= 15 is 0 Å². The summed E-state index contributed by atoms with van der Waals surface area (Å²) in [6, 6.07) is 20.0. The molecule has 0 atom stereocenters. The van der Waals surface area contributed by atoms with Crippen LogP contribution in [-0.4, -0.2) is 21.3 Å². The van der Waals surface area contributed by atoms with Crippen molar-refractivity contribution in [2.45, 2.75) is 38.9 Å². The van der Waals surface area contributed by atoms with Crippen molar-refractivity contribution < 1.29 is 9.16 Å². The van der Waals surface area contributed by atoms with Gasteiger partial charge >= 0.3 is 0 Å². The second-order valence-corrected chi connectivity index (χ2v) is 12.5. The van der Waals surface area contributed by atoms with Gasteiger partial charge in [0.05, 0.1) is 7.11 Å². The summed E-state index contributed by atoms with van der Waals surface area (Å²) in [6.07, 6.45) is 1.97. The molecule has 0 N–H and O–H groups in total. The van der Waals surface area contributed by atoms with E-state index in [0.29, 0.717) is 11.8 Å². The fourth-order valence-electron chi connectivity index (χ4n) is 2.10. The van der Waals surface area contributed by atoms with Crippen LogP contribution in [0, 0.1) is 0 Å². The minimum Gasteiger partial charge on any atom is -0.531 e. The van der Waals surface area contributed by atoms with Crippen molar-refractivity contribution in [1.29, 1.82) is 0 Å². The molecular formula is C22H29NO2Si. The molecule has 0 bridgehead atoms. The molecule has 0 aliphatic carbocycles. The Morgan fingerprint density at radius 3 is 1.96 bits per heavy atom. The van der Waals surface area contributed by atoms with Crippen molar-refractivity contribution in [2.75, 3.05) is 7.11 Å². The number of nitrogens with zero attached hydrogens (tertiary/aromatic N) is 1. The lowest BCUT2D eigenvalue weighted by Gasteiger charge is -2.36. The Morgan fingerprint density at radius 1 is 0.923 bits per heavy atom. The van der Waals surface area contributed by atoms with Crippen molar-refractivity contribution in [2.24, 2.45) is 4.99 Å². The molecule has 0 aliphatic rings. The highest BCUT2D eigenvalue weighted by molar-refractivity contribution is 6.74. The van der Waals surface area contributed by atoms with E-state index in [1.807, 2.05) is 66.7 Å². The van der Waals surface area contributed by atoms with E-state index in [1.54, 1.807) is 7.11 Å². The molecule has 0 unspecified atom stereocenters. The first-order chi connectivity index (χ1) is 12.2. The quantitative estimate of drug-likeness (QED) is 0.277. The van der Waals surface area contributed by atoms with E-state index < -0.39 is 8.32 Å². The molecule has 0 saturated carbocycles. The first-order valence-corrected chi connectivity index (χ1v) is 11.8. The van der Waals surface area contributed by atoms with Crippen LogP contribution in [0.1, 0.15) is 31.9 Å². The van der Waals surface area contributed by atoms with Gasteiger partial charge in [0.15, 0.2) is 0 Å². The lowest BCUT2D eigenvalue weighted by molar-refractivity contribution is 0.368. The van der Waals surface area contributed by atoms with Gasteiger partial charge in [-0.25, -0.2) is 0 Å². The third-order valence-electron chi connectivity index (χ3n) is 4.68. The maximum Gasteiger partial charge on any atom is 0.252 e. The largest absolute Gasteiger partial charge is 0.531 e. The van der Waals surface area contributed by atoms with E-state index in [9.17, 15) is 0 Å². The Morgan fingerprint density at radius 2 is 1.46 bits per heavy atom. The third kappa shape index (κ3) is 5.33. The number of methoxy groups -OCH3 is 1. The van der Waals surface area contributed by atoms with Gasteiger partial charge in [-0.05, 0) is 35.8 Å². The molecular weight excluding hydrogens is 338 g/mol. The first kappa shape index (κ1) is 20.0. The summed E-state index contributed by atoms with van der Waals surface area (Å²) in [4.78, 5) is 4.73. The van der Waals surface area contributed by atoms with Gasteiger partial charge in [0.1, 0.15) is 0 Å². The second kappa shape index (κ2) is 8.36. The van der Waals surface area contributed by atoms with Crippen LogP contribution in [0.15, 0.2) is 71.5 Å². The molecule has 0 heterocycles. The van der Waals surface area contributed by atoms with Gasteiger partial charge in [-0.3, -0.25) is 0 Å². The minimum absolute atomic E-state index is 0.0816. The highest BCUT2D eigenvalue weighted by Gasteiger charge is 2.39. The van der Waals surface area contributed by atoms with E-state index in [0.717, 1.165) is 11.1 Å². The molecule has 0 aliphatic heterocycles. The normalized spacial score (nSPS) is 13.5. The number of ether oxygens (including phenoxy) is 1. The van der Waals surface area contributed by atoms with Crippen LogP contribution < -0.4 is 0 Å². The molecule has 2 aromatic rings. The fraction of sp³-hybridized carbons (Fsp3) is 0.318. The number of rotatable bonds is 5. The maximum absolute atomic E-state index is 6.49. The van der Waals surface area contributed by atoms with Crippen molar-refractivity contribution >= 4 is 20.3 Å². The Bertz CT molecular complexity index is 760. The molecule has 3 nitrogen and oxygen atoms in total. The average molecular weight is 368 g/mol. The van der Waals surface area contributed by atoms with Crippen LogP contribution in [0.5, 0.6) is 0 Å². The summed E-state index contributed by atoms with van der Waals surface area (Å²) in [5, 5.41) is 0.0816. The van der Waals surface area contributed by atoms with Gasteiger partial charge in [-0.2, -0.15) is 4.99 Å². The number of benzene rings is 2. The van der Waals surface area contributed by atoms with E-state index in [4.69, 9.17) is 14.2 Å². The van der Waals surface area contributed by atoms with Gasteiger partial charge in [0, 0.05) is 11.6 Å². The van der Waals surface area contributed by atoms with Crippen LogP contribution in [0.3, 0.4) is 0 Å². The molecule has 0 amide bonds. The molecule has 0 saturated heterocycles. The van der Waals surface area contributed by atoms with Crippen LogP contribution >= 0.6 is 0 Å². The Kier molecular flexibility index (Phi) is 6.43. The van der Waals surface area contributed by atoms with E-state index in [2.05, 4.69) is 33.9 Å². The van der Waals surface area contributed by atoms with Crippen LogP contribution in [0.4, 0.5) is 0 Å². The molecule has 4 heteroatoms. The van der Waals surface area contributed by atoms with Gasteiger partial charge in [-0.15, -0.1) is 0 Å². The average Bonchev–Trinajstić information content (AvgIpc) is 2.60. The summed E-state index contributed by atoms with van der Waals surface area (Å²) in [7, 11) is -0.396. The van der Waals surface area contributed by atoms with E-state index in [1.165, 1.54) is 0 Å². The van der Waals surface area contributed by atoms with Gasteiger partial charge in [-0.1, -0.05) is 69.3 Å². The van der Waals surface area contributed by atoms with Gasteiger partial charge in [0.25, 0.3) is 8.32 Å². The zero-order valence-electron chi connectivity index (χ0n) is 16.6. The minimum atomic E-state index is -2.03. The highest BCUT2D eigenvalue weighted by atomic mass is 28.4. The fourth-order valence-corrected chi connectivity index (χ4v) is 3.03. The van der Waals surface area contributed by atoms with Crippen molar-refractivity contribution in [3.8, 4) is 0 Å². The smallest absolute Gasteiger partial charge is 0.252 e. The predicted molar refractivity (Wildman–Crippen MR) is 113 cm³/mol. The van der Waals surface area contributed by atoms with Crippen LogP contribution in [0.25, 0.3) is 6.08 Å². The lowest BCUT2D eigenvalue weighted by Crippen LogP contribution is -2.40. The monoisotopic (exact) mass is 367 g/mol. The number of hydrogen-bond acceptors (Lipinski definition) is 3. The second-order valence-electron chi connectivity index (χ2n) is 7.74. The predicted octanol–water partition coefficient (Wildman–Crippen LogP) is 6.10. The summed E-state index contributed by atoms with van der Waals surface area (Å²) < 4.78 is 12.0. The summed E-state index contributed by atoms with van der Waals surface area (Å²) >= 11 is 0. The molecule has 0 aromatic heterocycles. The Labute approximate surface area is 158 Å². The molecule has 0 spiro atoms. The number of aliphatic imine (C=N–C) groups is 1. The van der Waals surface area contributed by atoms with Gasteiger partial charge < -0.3 is 9.16 Å². The highest BCUT2D eigenvalue weighted by Crippen LogP contribution is 2.38. The van der Waals surface area contributed by atoms with Gasteiger partial charge in [0.2, 0.25) is 11.8 Å². The Balaban J connectivity index is 2.47. The lowest BCUT2D eigenvalue weighted by atomic mass is 10.2. The maximum atomic E-state index is 6.49. The first-order valence-electron chi connectivity index (χ1n) is 8.87. The molecule has 0 radical (unpaired) electrons. The SMILES string of the molecule is CO/C(=N/C(=C/c1ccccc1)O[Si](C)(C)C(C)(C)C)c1ccccc1. The van der Waals surface area contributed by atoms with E-state index in [-0.39, 0.29) is 5.04 Å². The zero-order valence-corrected chi connectivity index (χ0v) is 17.6. The third-order valence-corrected chi connectivity index (χ3v) is 9.01. The summed E-state index contributed by atoms with van der Waals surface area (Å²) in [5.74, 6) is 1.13. The number of hydrogen-bond donors (Lipinski definition) is 0. The molecule has 2 rings (SSSR count). The summed E-state index contributed by atoms with van der Waals surface area (Å²) in [6.45, 7) is 11.1. The van der Waals surface area contributed by atoms with Crippen LogP contribution in [-0.2, 0) is 9.16 Å². The van der Waals surface area contributed by atoms with Crippen molar-refractivity contribution in [1.82, 2.24) is 0 Å². The van der Waals surface area contributed by atoms with Crippen LogP contribution in [0.2, 0.25) is 18.1 Å². The summed E-state index contributed by atoms with van der Waals surface area (Å²) in [5.41, 5.74) is 1.97. The van der Waals surface area contributed by atoms with Crippen molar-refractivity contribution in [3.63, 3.8) is 0 Å². The standard InChI is InChI=1S/C22H29NO2Si/c1-22(2,3)26(5,6)25-20(17-18-13-9-7-10-14-18)23-21(24-4)19-15-11-8-12-16-19/h7-17H,1-6H3/b20-17-,23-21+.